The Balaban J connectivity index is 1.12. The predicted molar refractivity (Wildman–Crippen MR) is 222 cm³/mol. The van der Waals surface area contributed by atoms with Crippen molar-refractivity contribution in [3.05, 3.63) is 227 Å². The van der Waals surface area contributed by atoms with E-state index in [1.807, 2.05) is 0 Å². The fourth-order valence-electron chi connectivity index (χ4n) is 10.4. The van der Waals surface area contributed by atoms with Gasteiger partial charge in [0.25, 0.3) is 0 Å². The van der Waals surface area contributed by atoms with E-state index in [0.717, 1.165) is 16.9 Å². The van der Waals surface area contributed by atoms with Crippen molar-refractivity contribution in [2.24, 2.45) is 0 Å². The average molecular weight is 687 g/mol. The summed E-state index contributed by atoms with van der Waals surface area (Å²) >= 11 is 0. The smallest absolute Gasteiger partial charge is 0.140 e. The molecule has 252 valence electrons. The molecule has 0 amide bonds. The van der Waals surface area contributed by atoms with Gasteiger partial charge in [0.1, 0.15) is 11.5 Å². The van der Waals surface area contributed by atoms with Crippen LogP contribution in [0.4, 0.5) is 0 Å². The zero-order valence-corrected chi connectivity index (χ0v) is 29.8. The van der Waals surface area contributed by atoms with E-state index in [4.69, 9.17) is 4.74 Å². The Kier molecular flexibility index (Phi) is 5.90. The van der Waals surface area contributed by atoms with Crippen LogP contribution in [0.1, 0.15) is 45.9 Å². The van der Waals surface area contributed by atoms with Gasteiger partial charge < -0.3 is 4.74 Å². The molecule has 0 saturated heterocycles. The molecule has 12 rings (SSSR count). The maximum absolute atomic E-state index is 7.05. The summed E-state index contributed by atoms with van der Waals surface area (Å²) in [6.07, 6.45) is 0. The van der Waals surface area contributed by atoms with Crippen LogP contribution in [0, 0.1) is 0 Å². The van der Waals surface area contributed by atoms with Gasteiger partial charge in [-0.05, 0) is 102 Å². The molecule has 54 heavy (non-hydrogen) atoms. The lowest BCUT2D eigenvalue weighted by molar-refractivity contribution is 0.442. The monoisotopic (exact) mass is 686 g/mol. The fourth-order valence-corrected chi connectivity index (χ4v) is 10.4. The van der Waals surface area contributed by atoms with E-state index in [-0.39, 0.29) is 5.41 Å². The average Bonchev–Trinajstić information content (AvgIpc) is 3.68. The Labute approximate surface area is 314 Å². The van der Waals surface area contributed by atoms with Gasteiger partial charge in [-0.25, -0.2) is 0 Å². The van der Waals surface area contributed by atoms with Crippen LogP contribution in [0.2, 0.25) is 0 Å². The topological polar surface area (TPSA) is 9.23 Å². The zero-order valence-electron chi connectivity index (χ0n) is 29.8. The second kappa shape index (κ2) is 10.7. The van der Waals surface area contributed by atoms with Crippen molar-refractivity contribution >= 4 is 21.5 Å². The summed E-state index contributed by atoms with van der Waals surface area (Å²) in [5.41, 5.74) is 15.7. The number of hydrogen-bond donors (Lipinski definition) is 0. The van der Waals surface area contributed by atoms with Gasteiger partial charge in [-0.3, -0.25) is 0 Å². The fraction of sp³-hybridized carbons (Fsp3) is 0.0566. The van der Waals surface area contributed by atoms with Crippen LogP contribution < -0.4 is 4.74 Å². The van der Waals surface area contributed by atoms with Crippen molar-refractivity contribution in [1.82, 2.24) is 0 Å². The SMILES string of the molecule is CC1(c2ccccc2)c2cc(-c3ccc4c(c3)C3(c5ccccc5-c5ccccc53)c3ccc5ccccc5c3O4)ccc2-c2ccc3ccccc3c21. The molecular formula is C53H34O. The van der Waals surface area contributed by atoms with Gasteiger partial charge in [-0.15, -0.1) is 0 Å². The summed E-state index contributed by atoms with van der Waals surface area (Å²) in [5, 5.41) is 4.91. The zero-order chi connectivity index (χ0) is 35.6. The third-order valence-electron chi connectivity index (χ3n) is 12.8. The highest BCUT2D eigenvalue weighted by molar-refractivity contribution is 6.00. The van der Waals surface area contributed by atoms with Crippen molar-refractivity contribution in [3.8, 4) is 44.9 Å². The number of hydrogen-bond acceptors (Lipinski definition) is 1. The van der Waals surface area contributed by atoms with Crippen molar-refractivity contribution in [1.29, 1.82) is 0 Å². The Morgan fingerprint density at radius 1 is 0.389 bits per heavy atom. The van der Waals surface area contributed by atoms with E-state index in [1.165, 1.54) is 88.5 Å². The first-order valence-electron chi connectivity index (χ1n) is 18.9. The van der Waals surface area contributed by atoms with Gasteiger partial charge in [-0.2, -0.15) is 0 Å². The molecule has 1 spiro atoms. The largest absolute Gasteiger partial charge is 0.456 e. The van der Waals surface area contributed by atoms with Gasteiger partial charge in [0.2, 0.25) is 0 Å². The molecule has 9 aromatic rings. The molecular weight excluding hydrogens is 653 g/mol. The molecule has 2 aliphatic carbocycles. The Morgan fingerprint density at radius 3 is 1.70 bits per heavy atom. The first kappa shape index (κ1) is 29.8. The molecule has 0 radical (unpaired) electrons. The molecule has 1 heterocycles. The summed E-state index contributed by atoms with van der Waals surface area (Å²) in [4.78, 5) is 0. The first-order valence-corrected chi connectivity index (χ1v) is 18.9. The minimum atomic E-state index is -0.541. The molecule has 1 unspecified atom stereocenters. The standard InChI is InChI=1S/C53H34O/c1-52(37-15-3-2-4-16-37)47-31-35(24-27-42(47)43-28-23-33-13-5-7-17-38(33)50(43)52)36-26-30-49-48(32-36)53(46-29-25-34-14-6-8-18-39(34)51(46)54-49)44-21-11-9-19-40(44)41-20-10-12-22-45(41)53/h2-32H,1H3. The highest BCUT2D eigenvalue weighted by atomic mass is 16.5. The van der Waals surface area contributed by atoms with E-state index in [9.17, 15) is 0 Å². The molecule has 0 saturated carbocycles. The maximum atomic E-state index is 7.05. The molecule has 9 aromatic carbocycles. The summed E-state index contributed by atoms with van der Waals surface area (Å²) in [6, 6.07) is 69.7. The predicted octanol–water partition coefficient (Wildman–Crippen LogP) is 13.5. The highest BCUT2D eigenvalue weighted by Gasteiger charge is 2.51. The normalized spacial score (nSPS) is 16.6. The van der Waals surface area contributed by atoms with Gasteiger partial charge in [0.05, 0.1) is 5.41 Å². The number of benzene rings is 9. The summed E-state index contributed by atoms with van der Waals surface area (Å²) in [6.45, 7) is 2.42. The van der Waals surface area contributed by atoms with Crippen LogP contribution in [0.5, 0.6) is 11.5 Å². The van der Waals surface area contributed by atoms with Crippen molar-refractivity contribution in [2.45, 2.75) is 17.8 Å². The number of fused-ring (bicyclic) bond motifs is 16. The third-order valence-corrected chi connectivity index (χ3v) is 12.8. The summed E-state index contributed by atoms with van der Waals surface area (Å²) in [7, 11) is 0. The minimum Gasteiger partial charge on any atom is -0.456 e. The highest BCUT2D eigenvalue weighted by Crippen LogP contribution is 2.63. The minimum absolute atomic E-state index is 0.329. The number of ether oxygens (including phenoxy) is 1. The van der Waals surface area contributed by atoms with Crippen LogP contribution in [0.15, 0.2) is 188 Å². The Morgan fingerprint density at radius 2 is 0.944 bits per heavy atom. The van der Waals surface area contributed by atoms with Crippen LogP contribution in [-0.2, 0) is 10.8 Å². The lowest BCUT2D eigenvalue weighted by Crippen LogP contribution is -2.32. The second-order valence-electron chi connectivity index (χ2n) is 15.3. The first-order chi connectivity index (χ1) is 26.7. The summed E-state index contributed by atoms with van der Waals surface area (Å²) < 4.78 is 7.05. The quantitative estimate of drug-likeness (QED) is 0.176. The lowest BCUT2D eigenvalue weighted by Gasteiger charge is -2.40. The molecule has 0 aromatic heterocycles. The molecule has 1 nitrogen and oxygen atoms in total. The van der Waals surface area contributed by atoms with Gasteiger partial charge in [0.15, 0.2) is 0 Å². The lowest BCUT2D eigenvalue weighted by atomic mass is 9.65. The van der Waals surface area contributed by atoms with Crippen molar-refractivity contribution < 1.29 is 4.74 Å². The van der Waals surface area contributed by atoms with Crippen LogP contribution in [-0.4, -0.2) is 0 Å². The van der Waals surface area contributed by atoms with Crippen molar-refractivity contribution in [3.63, 3.8) is 0 Å². The van der Waals surface area contributed by atoms with Gasteiger partial charge >= 0.3 is 0 Å². The molecule has 0 fully saturated rings. The van der Waals surface area contributed by atoms with E-state index in [2.05, 4.69) is 195 Å². The molecule has 3 aliphatic rings. The Bertz CT molecular complexity index is 3000. The van der Waals surface area contributed by atoms with E-state index < -0.39 is 5.41 Å². The Hall–Kier alpha value is -6.70. The number of rotatable bonds is 2. The van der Waals surface area contributed by atoms with Gasteiger partial charge in [-0.1, -0.05) is 170 Å². The van der Waals surface area contributed by atoms with Crippen LogP contribution in [0.25, 0.3) is 54.9 Å². The molecule has 1 aliphatic heterocycles. The van der Waals surface area contributed by atoms with E-state index >= 15 is 0 Å². The van der Waals surface area contributed by atoms with E-state index in [0.29, 0.717) is 0 Å². The molecule has 0 N–H and O–H groups in total. The third kappa shape index (κ3) is 3.69. The molecule has 1 atom stereocenters. The molecule has 1 heteroatoms. The second-order valence-corrected chi connectivity index (χ2v) is 15.3. The van der Waals surface area contributed by atoms with Crippen molar-refractivity contribution in [2.75, 3.05) is 0 Å². The molecule has 0 bridgehead atoms. The van der Waals surface area contributed by atoms with Gasteiger partial charge in [0, 0.05) is 21.9 Å². The maximum Gasteiger partial charge on any atom is 0.140 e. The van der Waals surface area contributed by atoms with Crippen LogP contribution >= 0.6 is 0 Å². The summed E-state index contributed by atoms with van der Waals surface area (Å²) in [5.74, 6) is 1.85. The van der Waals surface area contributed by atoms with E-state index in [1.54, 1.807) is 0 Å². The van der Waals surface area contributed by atoms with Crippen LogP contribution in [0.3, 0.4) is 0 Å².